The molecule has 284 valence electrons. The number of piperidine rings is 2. The van der Waals surface area contributed by atoms with Crippen LogP contribution in [0.5, 0.6) is 0 Å². The summed E-state index contributed by atoms with van der Waals surface area (Å²) in [6.45, 7) is 4.59. The maximum absolute atomic E-state index is 13.1. The number of carbonyl (C=O) groups excluding carboxylic acids is 5. The highest BCUT2D eigenvalue weighted by Gasteiger charge is 2.44. The molecule has 2 aromatic rings. The summed E-state index contributed by atoms with van der Waals surface area (Å²) in [5, 5.41) is 16.4. The summed E-state index contributed by atoms with van der Waals surface area (Å²) >= 11 is 0. The van der Waals surface area contributed by atoms with Crippen molar-refractivity contribution in [2.75, 3.05) is 50.0 Å². The standard InChI is InChI=1S/C40H48N8O6/c49-35-11-10-34(38(51)45-35)48-39(52)30-9-8-27(21-31(30)40(48)53)41-16-3-1-2-7-36(50)46-17-12-28(13-18-46)47-24-26(22-43-47)33-23-42-32-6-4-5-29(37(32)44-33)25-14-19-54-20-15-25/h4-6,8-9,21-23,25-26,28,33-34,41,44H,1-3,7,10-20,24H2,(H,45,49,51). The van der Waals surface area contributed by atoms with Crippen LogP contribution in [0.2, 0.25) is 0 Å². The number of anilines is 2. The van der Waals surface area contributed by atoms with Crippen molar-refractivity contribution in [3.63, 3.8) is 0 Å². The topological polar surface area (TPSA) is 165 Å². The fraction of sp³-hybridized carbons (Fsp3) is 0.525. The first-order valence-corrected chi connectivity index (χ1v) is 19.5. The van der Waals surface area contributed by atoms with Crippen LogP contribution >= 0.6 is 0 Å². The molecule has 3 unspecified atom stereocenters. The van der Waals surface area contributed by atoms with Crippen LogP contribution in [0.25, 0.3) is 0 Å². The third-order valence-corrected chi connectivity index (χ3v) is 11.8. The van der Waals surface area contributed by atoms with E-state index in [1.54, 1.807) is 18.2 Å². The molecule has 5 amide bonds. The van der Waals surface area contributed by atoms with E-state index >= 15 is 0 Å². The van der Waals surface area contributed by atoms with E-state index in [0.29, 0.717) is 30.6 Å². The van der Waals surface area contributed by atoms with Crippen LogP contribution < -0.4 is 16.0 Å². The lowest BCUT2D eigenvalue weighted by Crippen LogP contribution is -2.54. The molecule has 14 heteroatoms. The molecule has 8 rings (SSSR count). The Morgan fingerprint density at radius 3 is 2.54 bits per heavy atom. The minimum Gasteiger partial charge on any atom is -0.385 e. The molecular weight excluding hydrogens is 688 g/mol. The number of hydrogen-bond acceptors (Lipinski definition) is 11. The van der Waals surface area contributed by atoms with Gasteiger partial charge in [-0.25, -0.2) is 0 Å². The van der Waals surface area contributed by atoms with E-state index in [-0.39, 0.29) is 41.8 Å². The number of unbranched alkanes of at least 4 members (excludes halogenated alkanes) is 2. The zero-order valence-corrected chi connectivity index (χ0v) is 30.5. The van der Waals surface area contributed by atoms with E-state index in [1.807, 2.05) is 11.1 Å². The molecule has 54 heavy (non-hydrogen) atoms. The van der Waals surface area contributed by atoms with E-state index in [9.17, 15) is 24.0 Å². The molecule has 0 aromatic heterocycles. The van der Waals surface area contributed by atoms with Crippen molar-refractivity contribution in [1.29, 1.82) is 0 Å². The van der Waals surface area contributed by atoms with Gasteiger partial charge in [0.05, 0.1) is 34.6 Å². The summed E-state index contributed by atoms with van der Waals surface area (Å²) in [4.78, 5) is 70.8. The van der Waals surface area contributed by atoms with Crippen molar-refractivity contribution in [3.05, 3.63) is 53.1 Å². The number of carbonyl (C=O) groups is 5. The average molecular weight is 737 g/mol. The average Bonchev–Trinajstić information content (AvgIpc) is 3.79. The minimum absolute atomic E-state index is 0.0831. The second-order valence-electron chi connectivity index (χ2n) is 15.2. The van der Waals surface area contributed by atoms with Crippen molar-refractivity contribution in [2.24, 2.45) is 16.0 Å². The Bertz CT molecular complexity index is 1870. The zero-order chi connectivity index (χ0) is 37.2. The third-order valence-electron chi connectivity index (χ3n) is 11.8. The number of hydrazone groups is 1. The lowest BCUT2D eigenvalue weighted by atomic mass is 9.88. The van der Waals surface area contributed by atoms with Crippen molar-refractivity contribution in [2.45, 2.75) is 88.3 Å². The molecule has 3 atom stereocenters. The summed E-state index contributed by atoms with van der Waals surface area (Å²) < 4.78 is 5.61. The van der Waals surface area contributed by atoms with Gasteiger partial charge in [0.1, 0.15) is 6.04 Å². The molecule has 0 spiro atoms. The second-order valence-corrected chi connectivity index (χ2v) is 15.2. The number of para-hydroxylation sites is 1. The van der Waals surface area contributed by atoms with Gasteiger partial charge in [0.25, 0.3) is 11.8 Å². The number of likely N-dealkylation sites (tertiary alicyclic amines) is 1. The van der Waals surface area contributed by atoms with Gasteiger partial charge < -0.3 is 20.3 Å². The van der Waals surface area contributed by atoms with Gasteiger partial charge in [0.2, 0.25) is 17.7 Å². The molecule has 6 aliphatic heterocycles. The van der Waals surface area contributed by atoms with Gasteiger partial charge in [-0.1, -0.05) is 18.6 Å². The van der Waals surface area contributed by atoms with Gasteiger partial charge in [-0.05, 0) is 80.7 Å². The zero-order valence-electron chi connectivity index (χ0n) is 30.5. The van der Waals surface area contributed by atoms with Crippen molar-refractivity contribution < 1.29 is 28.7 Å². The smallest absolute Gasteiger partial charge is 0.262 e. The Balaban J connectivity index is 0.732. The highest BCUT2D eigenvalue weighted by Crippen LogP contribution is 2.40. The molecule has 6 aliphatic rings. The normalized spacial score (nSPS) is 24.4. The largest absolute Gasteiger partial charge is 0.385 e. The monoisotopic (exact) mass is 736 g/mol. The number of fused-ring (bicyclic) bond motifs is 2. The van der Waals surface area contributed by atoms with Gasteiger partial charge in [0, 0.05) is 76.3 Å². The van der Waals surface area contributed by atoms with Crippen LogP contribution in [-0.4, -0.2) is 114 Å². The number of imide groups is 2. The Morgan fingerprint density at radius 1 is 0.907 bits per heavy atom. The molecule has 6 heterocycles. The Hall–Kier alpha value is -5.11. The summed E-state index contributed by atoms with van der Waals surface area (Å²) in [5.74, 6) is -1.15. The quantitative estimate of drug-likeness (QED) is 0.228. The van der Waals surface area contributed by atoms with Crippen LogP contribution in [0.15, 0.2) is 46.5 Å². The molecule has 0 bridgehead atoms. The third kappa shape index (κ3) is 7.35. The summed E-state index contributed by atoms with van der Waals surface area (Å²) in [7, 11) is 0. The molecular formula is C40H48N8O6. The number of amides is 5. The molecule has 0 saturated carbocycles. The van der Waals surface area contributed by atoms with Crippen molar-refractivity contribution >= 4 is 59.0 Å². The number of rotatable bonds is 11. The van der Waals surface area contributed by atoms with Gasteiger partial charge >= 0.3 is 0 Å². The molecule has 3 fully saturated rings. The maximum Gasteiger partial charge on any atom is 0.262 e. The van der Waals surface area contributed by atoms with Crippen LogP contribution in [0.4, 0.5) is 17.1 Å². The highest BCUT2D eigenvalue weighted by molar-refractivity contribution is 6.23. The van der Waals surface area contributed by atoms with Crippen molar-refractivity contribution in [3.8, 4) is 0 Å². The van der Waals surface area contributed by atoms with Crippen LogP contribution in [-0.2, 0) is 19.1 Å². The fourth-order valence-corrected chi connectivity index (χ4v) is 8.65. The second kappa shape index (κ2) is 15.7. The number of nitrogens with one attached hydrogen (secondary N) is 3. The van der Waals surface area contributed by atoms with Crippen LogP contribution in [0.3, 0.4) is 0 Å². The Labute approximate surface area is 314 Å². The fourth-order valence-electron chi connectivity index (χ4n) is 8.65. The predicted molar refractivity (Wildman–Crippen MR) is 203 cm³/mol. The number of nitrogens with zero attached hydrogens (tertiary/aromatic N) is 5. The lowest BCUT2D eigenvalue weighted by molar-refractivity contribution is -0.136. The predicted octanol–water partition coefficient (Wildman–Crippen LogP) is 4.06. The molecule has 3 N–H and O–H groups in total. The molecule has 0 aliphatic carbocycles. The summed E-state index contributed by atoms with van der Waals surface area (Å²) in [6, 6.07) is 10.8. The Kier molecular flexibility index (Phi) is 10.4. The first-order chi connectivity index (χ1) is 26.3. The number of aliphatic imine (C=N–C) groups is 1. The molecule has 3 saturated heterocycles. The van der Waals surface area contributed by atoms with Gasteiger partial charge in [0.15, 0.2) is 0 Å². The highest BCUT2D eigenvalue weighted by atomic mass is 16.5. The summed E-state index contributed by atoms with van der Waals surface area (Å²) in [5.41, 5.74) is 4.72. The van der Waals surface area contributed by atoms with E-state index in [1.165, 1.54) is 5.56 Å². The molecule has 2 aromatic carbocycles. The number of benzene rings is 2. The maximum atomic E-state index is 13.1. The van der Waals surface area contributed by atoms with Crippen LogP contribution in [0.1, 0.15) is 96.4 Å². The van der Waals surface area contributed by atoms with E-state index < -0.39 is 29.7 Å². The number of ether oxygens (including phenoxy) is 1. The van der Waals surface area contributed by atoms with Gasteiger partial charge in [-0.2, -0.15) is 5.10 Å². The van der Waals surface area contributed by atoms with E-state index in [4.69, 9.17) is 14.8 Å². The first-order valence-electron chi connectivity index (χ1n) is 19.5. The van der Waals surface area contributed by atoms with Crippen molar-refractivity contribution in [1.82, 2.24) is 20.1 Å². The lowest BCUT2D eigenvalue weighted by Gasteiger charge is -2.37. The Morgan fingerprint density at radius 2 is 1.72 bits per heavy atom. The van der Waals surface area contributed by atoms with Gasteiger partial charge in [-0.3, -0.25) is 44.2 Å². The van der Waals surface area contributed by atoms with Crippen LogP contribution in [0, 0.1) is 5.92 Å². The van der Waals surface area contributed by atoms with E-state index in [0.717, 1.165) is 94.1 Å². The minimum atomic E-state index is -0.983. The molecule has 0 radical (unpaired) electrons. The van der Waals surface area contributed by atoms with Gasteiger partial charge in [-0.15, -0.1) is 0 Å². The summed E-state index contributed by atoms with van der Waals surface area (Å²) in [6.07, 6.45) is 11.2. The molecule has 14 nitrogen and oxygen atoms in total. The SMILES string of the molecule is O=C1CCC(N2C(=O)c3ccc(NCCCCCC(=O)N4CCC(N5CC(C6C=Nc7cccc(C8CCOCC8)c7N6)C=N5)CC4)cc3C2=O)C(=O)N1. The van der Waals surface area contributed by atoms with E-state index in [2.05, 4.69) is 45.4 Å². The number of hydrogen-bond donors (Lipinski definition) is 3. The first kappa shape index (κ1) is 35.9.